The van der Waals surface area contributed by atoms with Gasteiger partial charge in [-0.05, 0) is 20.8 Å². The molecule has 7 nitrogen and oxygen atoms in total. The monoisotopic (exact) mass is 256 g/mol. The van der Waals surface area contributed by atoms with Crippen molar-refractivity contribution in [3.8, 4) is 0 Å². The van der Waals surface area contributed by atoms with Gasteiger partial charge in [-0.15, -0.1) is 0 Å². The lowest BCUT2D eigenvalue weighted by molar-refractivity contribution is -0.139. The summed E-state index contributed by atoms with van der Waals surface area (Å²) in [5.41, 5.74) is -0.684. The average molecular weight is 256 g/mol. The molecule has 2 N–H and O–H groups in total. The Labute approximate surface area is 104 Å². The Morgan fingerprint density at radius 2 is 2.22 bits per heavy atom. The number of carbonyl (C=O) groups is 2. The molecule has 0 radical (unpaired) electrons. The molecule has 0 aromatic carbocycles. The number of hydrogen-bond donors (Lipinski definition) is 2. The summed E-state index contributed by atoms with van der Waals surface area (Å²) < 4.78 is 9.90. The second kappa shape index (κ2) is 5.52. The van der Waals surface area contributed by atoms with Crippen molar-refractivity contribution in [3.63, 3.8) is 0 Å². The van der Waals surface area contributed by atoms with Gasteiger partial charge in [-0.2, -0.15) is 0 Å². The molecule has 1 heterocycles. The summed E-state index contributed by atoms with van der Waals surface area (Å²) in [7, 11) is 0. The standard InChI is InChI=1S/C11H16N2O5/c1-11(2,3)18-10(16)13-7(9(14)15)6-8-12-4-5-17-8/h4-5,7H,6H2,1-3H3,(H,13,16)(H,14,15). The van der Waals surface area contributed by atoms with E-state index in [4.69, 9.17) is 14.3 Å². The Balaban J connectivity index is 2.58. The summed E-state index contributed by atoms with van der Waals surface area (Å²) in [5, 5.41) is 11.2. The van der Waals surface area contributed by atoms with Crippen LogP contribution in [-0.2, 0) is 16.0 Å². The van der Waals surface area contributed by atoms with Gasteiger partial charge < -0.3 is 19.6 Å². The van der Waals surface area contributed by atoms with Crippen molar-refractivity contribution in [2.45, 2.75) is 38.8 Å². The zero-order chi connectivity index (χ0) is 13.8. The third-order valence-corrected chi connectivity index (χ3v) is 1.85. The van der Waals surface area contributed by atoms with Crippen LogP contribution in [0.3, 0.4) is 0 Å². The van der Waals surface area contributed by atoms with Crippen LogP contribution in [0, 0.1) is 0 Å². The van der Waals surface area contributed by atoms with E-state index >= 15 is 0 Å². The molecule has 0 spiro atoms. The highest BCUT2D eigenvalue weighted by molar-refractivity contribution is 5.80. The van der Waals surface area contributed by atoms with Crippen molar-refractivity contribution in [2.75, 3.05) is 0 Å². The third-order valence-electron chi connectivity index (χ3n) is 1.85. The Bertz CT molecular complexity index is 408. The van der Waals surface area contributed by atoms with Gasteiger partial charge in [0.1, 0.15) is 17.9 Å². The second-order valence-corrected chi connectivity index (χ2v) is 4.67. The topological polar surface area (TPSA) is 102 Å². The van der Waals surface area contributed by atoms with E-state index in [0.29, 0.717) is 0 Å². The summed E-state index contributed by atoms with van der Waals surface area (Å²) in [6, 6.07) is -1.14. The van der Waals surface area contributed by atoms with E-state index in [1.807, 2.05) is 0 Å². The van der Waals surface area contributed by atoms with Gasteiger partial charge in [-0.3, -0.25) is 0 Å². The summed E-state index contributed by atoms with van der Waals surface area (Å²) >= 11 is 0. The lowest BCUT2D eigenvalue weighted by atomic mass is 10.2. The molecule has 0 aliphatic carbocycles. The number of hydrogen-bond acceptors (Lipinski definition) is 5. The van der Waals surface area contributed by atoms with E-state index < -0.39 is 23.7 Å². The number of carboxylic acid groups (broad SMARTS) is 1. The highest BCUT2D eigenvalue weighted by Crippen LogP contribution is 2.08. The van der Waals surface area contributed by atoms with Crippen molar-refractivity contribution >= 4 is 12.1 Å². The molecular weight excluding hydrogens is 240 g/mol. The maximum Gasteiger partial charge on any atom is 0.408 e. The quantitative estimate of drug-likeness (QED) is 0.839. The highest BCUT2D eigenvalue weighted by Gasteiger charge is 2.25. The fourth-order valence-electron chi connectivity index (χ4n) is 1.18. The number of aromatic nitrogens is 1. The van der Waals surface area contributed by atoms with Gasteiger partial charge in [-0.25, -0.2) is 14.6 Å². The van der Waals surface area contributed by atoms with Gasteiger partial charge in [0.15, 0.2) is 5.89 Å². The normalized spacial score (nSPS) is 12.8. The number of rotatable bonds is 4. The van der Waals surface area contributed by atoms with Crippen LogP contribution in [0.5, 0.6) is 0 Å². The molecular formula is C11H16N2O5. The number of nitrogens with zero attached hydrogens (tertiary/aromatic N) is 1. The number of alkyl carbamates (subject to hydrolysis) is 1. The first-order valence-electron chi connectivity index (χ1n) is 5.38. The van der Waals surface area contributed by atoms with Crippen molar-refractivity contribution in [2.24, 2.45) is 0 Å². The predicted molar refractivity (Wildman–Crippen MR) is 61.0 cm³/mol. The van der Waals surface area contributed by atoms with Crippen LogP contribution < -0.4 is 5.32 Å². The minimum Gasteiger partial charge on any atom is -0.480 e. The Morgan fingerprint density at radius 3 is 2.67 bits per heavy atom. The van der Waals surface area contributed by atoms with Crippen LogP contribution in [-0.4, -0.2) is 33.8 Å². The van der Waals surface area contributed by atoms with E-state index in [-0.39, 0.29) is 12.3 Å². The smallest absolute Gasteiger partial charge is 0.408 e. The van der Waals surface area contributed by atoms with E-state index in [9.17, 15) is 9.59 Å². The van der Waals surface area contributed by atoms with Gasteiger partial charge in [0.05, 0.1) is 12.6 Å². The molecule has 0 fully saturated rings. The third kappa shape index (κ3) is 4.86. The first-order valence-corrected chi connectivity index (χ1v) is 5.38. The Morgan fingerprint density at radius 1 is 1.56 bits per heavy atom. The van der Waals surface area contributed by atoms with Gasteiger partial charge in [0, 0.05) is 0 Å². The van der Waals surface area contributed by atoms with Crippen molar-refractivity contribution in [3.05, 3.63) is 18.4 Å². The van der Waals surface area contributed by atoms with Crippen LogP contribution in [0.2, 0.25) is 0 Å². The average Bonchev–Trinajstić information content (AvgIpc) is 2.66. The fourth-order valence-corrected chi connectivity index (χ4v) is 1.18. The van der Waals surface area contributed by atoms with Crippen LogP contribution in [0.1, 0.15) is 26.7 Å². The second-order valence-electron chi connectivity index (χ2n) is 4.67. The molecule has 1 rings (SSSR count). The SMILES string of the molecule is CC(C)(C)OC(=O)NC(Cc1ncco1)C(=O)O. The van der Waals surface area contributed by atoms with Crippen LogP contribution >= 0.6 is 0 Å². The number of nitrogens with one attached hydrogen (secondary N) is 1. The maximum atomic E-state index is 11.5. The number of amides is 1. The van der Waals surface area contributed by atoms with E-state index in [0.717, 1.165) is 0 Å². The summed E-state index contributed by atoms with van der Waals surface area (Å²) in [6.07, 6.45) is 1.91. The molecule has 0 aliphatic heterocycles. The molecule has 0 saturated heterocycles. The first kappa shape index (κ1) is 14.0. The molecule has 1 aromatic rings. The van der Waals surface area contributed by atoms with Gasteiger partial charge in [0.25, 0.3) is 0 Å². The van der Waals surface area contributed by atoms with Crippen LogP contribution in [0.4, 0.5) is 4.79 Å². The number of carboxylic acids is 1. The van der Waals surface area contributed by atoms with E-state index in [1.165, 1.54) is 12.5 Å². The van der Waals surface area contributed by atoms with Crippen LogP contribution in [0.25, 0.3) is 0 Å². The molecule has 1 unspecified atom stereocenters. The van der Waals surface area contributed by atoms with E-state index in [2.05, 4.69) is 10.3 Å². The van der Waals surface area contributed by atoms with Crippen LogP contribution in [0.15, 0.2) is 16.9 Å². The molecule has 1 atom stereocenters. The fraction of sp³-hybridized carbons (Fsp3) is 0.545. The zero-order valence-corrected chi connectivity index (χ0v) is 10.5. The molecule has 0 bridgehead atoms. The van der Waals surface area contributed by atoms with E-state index in [1.54, 1.807) is 20.8 Å². The summed E-state index contributed by atoms with van der Waals surface area (Å²) in [6.45, 7) is 5.07. The molecule has 7 heteroatoms. The number of carbonyl (C=O) groups excluding carboxylic acids is 1. The minimum atomic E-state index is -1.18. The Kier molecular flexibility index (Phi) is 4.30. The first-order chi connectivity index (χ1) is 8.28. The molecule has 1 aromatic heterocycles. The lowest BCUT2D eigenvalue weighted by Crippen LogP contribution is -2.44. The maximum absolute atomic E-state index is 11.5. The molecule has 0 aliphatic rings. The zero-order valence-electron chi connectivity index (χ0n) is 10.5. The molecule has 100 valence electrons. The van der Waals surface area contributed by atoms with Crippen molar-refractivity contribution in [1.82, 2.24) is 10.3 Å². The molecule has 0 saturated carbocycles. The predicted octanol–water partition coefficient (Wildman–Crippen LogP) is 1.19. The minimum absolute atomic E-state index is 0.0401. The lowest BCUT2D eigenvalue weighted by Gasteiger charge is -2.21. The molecule has 18 heavy (non-hydrogen) atoms. The highest BCUT2D eigenvalue weighted by atomic mass is 16.6. The van der Waals surface area contributed by atoms with Gasteiger partial charge in [0.2, 0.25) is 0 Å². The largest absolute Gasteiger partial charge is 0.480 e. The summed E-state index contributed by atoms with van der Waals surface area (Å²) in [4.78, 5) is 26.2. The van der Waals surface area contributed by atoms with Crippen molar-refractivity contribution in [1.29, 1.82) is 0 Å². The Hall–Kier alpha value is -2.05. The van der Waals surface area contributed by atoms with Gasteiger partial charge >= 0.3 is 12.1 Å². The number of oxazole rings is 1. The number of aliphatic carboxylic acids is 1. The summed E-state index contributed by atoms with van der Waals surface area (Å²) in [5.74, 6) is -0.947. The van der Waals surface area contributed by atoms with Crippen molar-refractivity contribution < 1.29 is 23.8 Å². The number of ether oxygens (including phenoxy) is 1. The molecule has 1 amide bonds. The van der Waals surface area contributed by atoms with Gasteiger partial charge in [-0.1, -0.05) is 0 Å².